The number of hydrogen-bond donors (Lipinski definition) is 0. The monoisotopic (exact) mass is 240 g/mol. The fourth-order valence-corrected chi connectivity index (χ4v) is 4.14. The molecule has 1 heteroatoms. The summed E-state index contributed by atoms with van der Waals surface area (Å²) < 4.78 is 1.59. The summed E-state index contributed by atoms with van der Waals surface area (Å²) in [6.07, 6.45) is 4.43. The molecule has 0 aromatic heterocycles. The quantitative estimate of drug-likeness (QED) is 0.614. The fraction of sp³-hybridized carbons (Fsp3) is 0. The van der Waals surface area contributed by atoms with E-state index in [1.165, 1.54) is 16.3 Å². The number of benzene rings is 2. The molecule has 0 nitrogen and oxygen atoms in total. The minimum absolute atomic E-state index is 0.294. The van der Waals surface area contributed by atoms with Gasteiger partial charge in [-0.2, -0.15) is 0 Å². The summed E-state index contributed by atoms with van der Waals surface area (Å²) in [5.74, 6) is 0. The zero-order valence-corrected chi connectivity index (χ0v) is 10.2. The van der Waals surface area contributed by atoms with Crippen LogP contribution in [0.15, 0.2) is 42.5 Å². The number of hydrogen-bond acceptors (Lipinski definition) is 0. The molecule has 0 amide bonds. The van der Waals surface area contributed by atoms with Gasteiger partial charge in [-0.15, -0.1) is 0 Å². The van der Waals surface area contributed by atoms with Gasteiger partial charge in [0, 0.05) is 0 Å². The average molecular weight is 239 g/mol. The van der Waals surface area contributed by atoms with Crippen LogP contribution in [0.4, 0.5) is 0 Å². The Bertz CT molecular complexity index is 500. The second-order valence-corrected chi connectivity index (χ2v) is 6.36. The maximum atomic E-state index is 2.37. The van der Waals surface area contributed by atoms with Crippen molar-refractivity contribution in [3.05, 3.63) is 48.0 Å². The van der Waals surface area contributed by atoms with Crippen molar-refractivity contribution in [2.24, 2.45) is 0 Å². The third-order valence-electron chi connectivity index (χ3n) is 2.61. The first kappa shape index (κ1) is 8.19. The third-order valence-corrected chi connectivity index (χ3v) is 5.29. The third kappa shape index (κ3) is 1.27. The summed E-state index contributed by atoms with van der Waals surface area (Å²) in [5.41, 5.74) is 1.44. The molecule has 0 saturated carbocycles. The predicted octanol–water partition coefficient (Wildman–Crippen LogP) is 1.73. The molecule has 0 spiro atoms. The van der Waals surface area contributed by atoms with Crippen LogP contribution < -0.4 is 4.40 Å². The number of allylic oxidation sites excluding steroid dienone is 1. The molecule has 14 heavy (non-hydrogen) atoms. The first-order valence-corrected chi connectivity index (χ1v) is 7.42. The Balaban J connectivity index is 2.40. The maximum absolute atomic E-state index is 2.37. The van der Waals surface area contributed by atoms with E-state index in [-0.39, 0.29) is 15.0 Å². The Labute approximate surface area is 89.3 Å². The molecule has 1 aliphatic rings. The molecular formula is C13H10Ge. The van der Waals surface area contributed by atoms with Crippen LogP contribution in [-0.2, 0) is 0 Å². The first-order chi connectivity index (χ1) is 6.93. The van der Waals surface area contributed by atoms with Gasteiger partial charge in [-0.3, -0.25) is 0 Å². The van der Waals surface area contributed by atoms with Crippen LogP contribution in [0.1, 0.15) is 5.56 Å². The molecule has 1 heterocycles. The Kier molecular flexibility index (Phi) is 1.88. The number of rotatable bonds is 0. The zero-order chi connectivity index (χ0) is 9.38. The van der Waals surface area contributed by atoms with E-state index in [4.69, 9.17) is 0 Å². The van der Waals surface area contributed by atoms with E-state index in [2.05, 4.69) is 53.4 Å². The van der Waals surface area contributed by atoms with Crippen molar-refractivity contribution in [1.82, 2.24) is 0 Å². The van der Waals surface area contributed by atoms with Crippen molar-refractivity contribution in [3.63, 3.8) is 0 Å². The van der Waals surface area contributed by atoms with Crippen molar-refractivity contribution in [3.8, 4) is 0 Å². The molecule has 0 unspecified atom stereocenters. The molecule has 2 aromatic carbocycles. The van der Waals surface area contributed by atoms with Crippen LogP contribution in [0.5, 0.6) is 0 Å². The molecular weight excluding hydrogens is 229 g/mol. The van der Waals surface area contributed by atoms with E-state index in [0.29, 0.717) is 0 Å². The molecule has 0 bridgehead atoms. The van der Waals surface area contributed by atoms with Gasteiger partial charge in [-0.05, 0) is 0 Å². The molecule has 66 valence electrons. The second kappa shape index (κ2) is 3.21. The van der Waals surface area contributed by atoms with Crippen LogP contribution >= 0.6 is 0 Å². The van der Waals surface area contributed by atoms with Crippen molar-refractivity contribution in [2.45, 2.75) is 0 Å². The van der Waals surface area contributed by atoms with Gasteiger partial charge in [0.2, 0.25) is 0 Å². The van der Waals surface area contributed by atoms with E-state index >= 15 is 0 Å². The summed E-state index contributed by atoms with van der Waals surface area (Å²) >= 11 is -0.294. The molecule has 0 atom stereocenters. The predicted molar refractivity (Wildman–Crippen MR) is 65.8 cm³/mol. The molecule has 0 aliphatic carbocycles. The Morgan fingerprint density at radius 3 is 2.57 bits per heavy atom. The molecule has 2 aromatic rings. The van der Waals surface area contributed by atoms with Crippen LogP contribution in [0.2, 0.25) is 0 Å². The second-order valence-electron chi connectivity index (χ2n) is 3.55. The normalized spacial score (nSPS) is 13.1. The van der Waals surface area contributed by atoms with Gasteiger partial charge in [-0.1, -0.05) is 0 Å². The summed E-state index contributed by atoms with van der Waals surface area (Å²) in [4.78, 5) is 2.36. The number of fused-ring (bicyclic) bond motifs is 2. The Morgan fingerprint density at radius 2 is 1.71 bits per heavy atom. The first-order valence-electron chi connectivity index (χ1n) is 4.81. The molecule has 0 saturated heterocycles. The van der Waals surface area contributed by atoms with Gasteiger partial charge in [0.25, 0.3) is 0 Å². The SMILES string of the molecule is C1=Cc2cc3ccccc3c[c]2[GeH]=[CH]1. The average Bonchev–Trinajstić information content (AvgIpc) is 2.26. The van der Waals surface area contributed by atoms with Crippen molar-refractivity contribution in [1.29, 1.82) is 0 Å². The molecule has 0 fully saturated rings. The zero-order valence-electron chi connectivity index (χ0n) is 7.77. The van der Waals surface area contributed by atoms with E-state index in [1.807, 2.05) is 0 Å². The minimum atomic E-state index is -0.294. The van der Waals surface area contributed by atoms with E-state index < -0.39 is 0 Å². The van der Waals surface area contributed by atoms with Crippen LogP contribution in [0.25, 0.3) is 16.8 Å². The van der Waals surface area contributed by atoms with Gasteiger partial charge < -0.3 is 0 Å². The molecule has 3 rings (SSSR count). The van der Waals surface area contributed by atoms with E-state index in [0.717, 1.165) is 0 Å². The van der Waals surface area contributed by atoms with Gasteiger partial charge in [0.05, 0.1) is 0 Å². The molecule has 0 radical (unpaired) electrons. The van der Waals surface area contributed by atoms with Gasteiger partial charge in [-0.25, -0.2) is 0 Å². The summed E-state index contributed by atoms with van der Waals surface area (Å²) in [6.45, 7) is 0. The Hall–Kier alpha value is -1.15. The van der Waals surface area contributed by atoms with Crippen molar-refractivity contribution >= 4 is 41.1 Å². The van der Waals surface area contributed by atoms with Gasteiger partial charge in [0.1, 0.15) is 0 Å². The van der Waals surface area contributed by atoms with Gasteiger partial charge in [0.15, 0.2) is 0 Å². The Morgan fingerprint density at radius 1 is 0.929 bits per heavy atom. The topological polar surface area (TPSA) is 0 Å². The van der Waals surface area contributed by atoms with Gasteiger partial charge >= 0.3 is 89.1 Å². The van der Waals surface area contributed by atoms with Crippen molar-refractivity contribution in [2.75, 3.05) is 0 Å². The van der Waals surface area contributed by atoms with Crippen LogP contribution in [0.3, 0.4) is 0 Å². The molecule has 1 aliphatic heterocycles. The van der Waals surface area contributed by atoms with Crippen molar-refractivity contribution < 1.29 is 0 Å². The molecule has 0 N–H and O–H groups in total. The standard InChI is InChI=1S/C13H10Ge/c1-2-5-11-9-13-12(6-3-7-14-13)8-10(11)4-1/h1-9,14H. The summed E-state index contributed by atoms with van der Waals surface area (Å²) in [5, 5.41) is 2.74. The summed E-state index contributed by atoms with van der Waals surface area (Å²) in [7, 11) is 0. The van der Waals surface area contributed by atoms with E-state index in [1.54, 1.807) is 4.40 Å². The van der Waals surface area contributed by atoms with Crippen LogP contribution in [-0.4, -0.2) is 19.8 Å². The summed E-state index contributed by atoms with van der Waals surface area (Å²) in [6, 6.07) is 13.3. The fourth-order valence-electron chi connectivity index (χ4n) is 1.88. The van der Waals surface area contributed by atoms with E-state index in [9.17, 15) is 0 Å². The van der Waals surface area contributed by atoms with Crippen LogP contribution in [0, 0.1) is 0 Å².